The van der Waals surface area contributed by atoms with Crippen LogP contribution < -0.4 is 10.2 Å². The third-order valence-corrected chi connectivity index (χ3v) is 5.40. The van der Waals surface area contributed by atoms with E-state index in [1.165, 1.54) is 0 Å². The average molecular weight is 413 g/mol. The molecular formula is C19H20Cl3N3O. The molecule has 0 bridgehead atoms. The summed E-state index contributed by atoms with van der Waals surface area (Å²) in [7, 11) is 0. The molecule has 4 nitrogen and oxygen atoms in total. The van der Waals surface area contributed by atoms with Gasteiger partial charge in [0.05, 0.1) is 16.8 Å². The van der Waals surface area contributed by atoms with Gasteiger partial charge < -0.3 is 10.2 Å². The van der Waals surface area contributed by atoms with Gasteiger partial charge in [-0.1, -0.05) is 40.9 Å². The molecule has 1 atom stereocenters. The number of hydrogen-bond donors (Lipinski definition) is 1. The summed E-state index contributed by atoms with van der Waals surface area (Å²) >= 11 is 18.2. The normalized spacial score (nSPS) is 16.4. The van der Waals surface area contributed by atoms with Gasteiger partial charge in [-0.15, -0.1) is 0 Å². The lowest BCUT2D eigenvalue weighted by molar-refractivity contribution is -0.120. The fourth-order valence-corrected chi connectivity index (χ4v) is 3.56. The average Bonchev–Trinajstić information content (AvgIpc) is 2.64. The van der Waals surface area contributed by atoms with Crippen molar-refractivity contribution in [2.24, 2.45) is 0 Å². The van der Waals surface area contributed by atoms with Crippen LogP contribution in [0.2, 0.25) is 15.1 Å². The quantitative estimate of drug-likeness (QED) is 0.784. The van der Waals surface area contributed by atoms with Gasteiger partial charge in [-0.3, -0.25) is 9.69 Å². The molecule has 7 heteroatoms. The summed E-state index contributed by atoms with van der Waals surface area (Å²) in [6.45, 7) is 5.18. The molecule has 0 spiro atoms. The highest BCUT2D eigenvalue weighted by atomic mass is 35.5. The Morgan fingerprint density at radius 3 is 2.38 bits per heavy atom. The maximum atomic E-state index is 12.6. The minimum Gasteiger partial charge on any atom is -0.369 e. The van der Waals surface area contributed by atoms with Crippen LogP contribution in [0.5, 0.6) is 0 Å². The zero-order valence-electron chi connectivity index (χ0n) is 14.4. The van der Waals surface area contributed by atoms with Crippen molar-refractivity contribution in [3.63, 3.8) is 0 Å². The number of nitrogens with one attached hydrogen (secondary N) is 1. The number of rotatable bonds is 4. The Bertz CT molecular complexity index is 791. The molecule has 2 aromatic carbocycles. The van der Waals surface area contributed by atoms with Crippen molar-refractivity contribution in [2.75, 3.05) is 36.4 Å². The molecule has 0 saturated carbocycles. The lowest BCUT2D eigenvalue weighted by Crippen LogP contribution is -2.52. The van der Waals surface area contributed by atoms with Gasteiger partial charge in [0, 0.05) is 41.9 Å². The molecule has 1 saturated heterocycles. The predicted octanol–water partition coefficient (Wildman–Crippen LogP) is 4.80. The molecule has 1 amide bonds. The monoisotopic (exact) mass is 411 g/mol. The Labute approximate surface area is 168 Å². The van der Waals surface area contributed by atoms with Gasteiger partial charge in [-0.25, -0.2) is 0 Å². The number of nitrogens with zero attached hydrogens (tertiary/aromatic N) is 2. The molecule has 0 radical (unpaired) electrons. The molecule has 1 heterocycles. The summed E-state index contributed by atoms with van der Waals surface area (Å²) in [5, 5.41) is 4.61. The van der Waals surface area contributed by atoms with Gasteiger partial charge in [-0.2, -0.15) is 0 Å². The molecule has 1 aliphatic heterocycles. The maximum absolute atomic E-state index is 12.6. The summed E-state index contributed by atoms with van der Waals surface area (Å²) in [5.41, 5.74) is 1.65. The summed E-state index contributed by atoms with van der Waals surface area (Å²) in [6.07, 6.45) is 0. The van der Waals surface area contributed by atoms with E-state index in [-0.39, 0.29) is 11.9 Å². The van der Waals surface area contributed by atoms with E-state index in [0.717, 1.165) is 36.9 Å². The fourth-order valence-electron chi connectivity index (χ4n) is 3.04. The Balaban J connectivity index is 1.58. The number of piperazine rings is 1. The van der Waals surface area contributed by atoms with E-state index in [1.807, 2.05) is 25.1 Å². The van der Waals surface area contributed by atoms with Gasteiger partial charge in [0.1, 0.15) is 0 Å². The summed E-state index contributed by atoms with van der Waals surface area (Å²) in [6, 6.07) is 12.6. The molecule has 1 N–H and O–H groups in total. The van der Waals surface area contributed by atoms with E-state index in [2.05, 4.69) is 21.2 Å². The molecule has 26 heavy (non-hydrogen) atoms. The summed E-state index contributed by atoms with van der Waals surface area (Å²) in [5.74, 6) is -0.0922. The molecule has 3 rings (SSSR count). The van der Waals surface area contributed by atoms with Crippen LogP contribution in [-0.2, 0) is 4.79 Å². The third-order valence-electron chi connectivity index (χ3n) is 4.60. The minimum absolute atomic E-state index is 0.0922. The minimum atomic E-state index is -0.258. The van der Waals surface area contributed by atoms with E-state index in [0.29, 0.717) is 15.7 Å². The molecule has 1 aliphatic rings. The maximum Gasteiger partial charge on any atom is 0.241 e. The van der Waals surface area contributed by atoms with Crippen LogP contribution in [0.25, 0.3) is 0 Å². The van der Waals surface area contributed by atoms with E-state index < -0.39 is 0 Å². The predicted molar refractivity (Wildman–Crippen MR) is 110 cm³/mol. The van der Waals surface area contributed by atoms with E-state index in [1.54, 1.807) is 18.2 Å². The number of anilines is 2. The fraction of sp³-hybridized carbons (Fsp3) is 0.316. The Kier molecular flexibility index (Phi) is 6.30. The molecule has 1 fully saturated rings. The standard InChI is InChI=1S/C19H20Cl3N3O/c1-13(19(26)23-18-12-15(21)5-6-17(18)22)24-7-9-25(10-8-24)16-4-2-3-14(20)11-16/h2-6,11-13H,7-10H2,1H3,(H,23,26)/t13-/m1/s1. The van der Waals surface area contributed by atoms with Crippen LogP contribution in [0.4, 0.5) is 11.4 Å². The van der Waals surface area contributed by atoms with Crippen molar-refractivity contribution < 1.29 is 4.79 Å². The largest absolute Gasteiger partial charge is 0.369 e. The van der Waals surface area contributed by atoms with Crippen molar-refractivity contribution >= 4 is 52.1 Å². The number of hydrogen-bond acceptors (Lipinski definition) is 3. The molecule has 138 valence electrons. The van der Waals surface area contributed by atoms with Gasteiger partial charge in [-0.05, 0) is 43.3 Å². The Morgan fingerprint density at radius 1 is 1.00 bits per heavy atom. The first-order chi connectivity index (χ1) is 12.4. The number of benzene rings is 2. The second-order valence-electron chi connectivity index (χ2n) is 6.29. The summed E-state index contributed by atoms with van der Waals surface area (Å²) < 4.78 is 0. The first kappa shape index (κ1) is 19.3. The second-order valence-corrected chi connectivity index (χ2v) is 7.57. The Hall–Kier alpha value is -1.46. The lowest BCUT2D eigenvalue weighted by atomic mass is 10.2. The van der Waals surface area contributed by atoms with E-state index in [9.17, 15) is 4.79 Å². The first-order valence-corrected chi connectivity index (χ1v) is 9.58. The van der Waals surface area contributed by atoms with Crippen LogP contribution in [0, 0.1) is 0 Å². The second kappa shape index (κ2) is 8.49. The van der Waals surface area contributed by atoms with Crippen LogP contribution in [0.15, 0.2) is 42.5 Å². The highest BCUT2D eigenvalue weighted by Crippen LogP contribution is 2.26. The first-order valence-electron chi connectivity index (χ1n) is 8.44. The van der Waals surface area contributed by atoms with E-state index in [4.69, 9.17) is 34.8 Å². The molecule has 0 aliphatic carbocycles. The highest BCUT2D eigenvalue weighted by Gasteiger charge is 2.26. The van der Waals surface area contributed by atoms with Crippen LogP contribution in [0.3, 0.4) is 0 Å². The molecular weight excluding hydrogens is 393 g/mol. The third kappa shape index (κ3) is 4.63. The van der Waals surface area contributed by atoms with Crippen LogP contribution in [0.1, 0.15) is 6.92 Å². The number of amides is 1. The number of carbonyl (C=O) groups is 1. The van der Waals surface area contributed by atoms with Crippen molar-refractivity contribution in [3.05, 3.63) is 57.5 Å². The van der Waals surface area contributed by atoms with Crippen molar-refractivity contribution in [1.82, 2.24) is 4.90 Å². The van der Waals surface area contributed by atoms with E-state index >= 15 is 0 Å². The smallest absolute Gasteiger partial charge is 0.241 e. The Morgan fingerprint density at radius 2 is 1.69 bits per heavy atom. The zero-order valence-corrected chi connectivity index (χ0v) is 16.7. The van der Waals surface area contributed by atoms with Gasteiger partial charge in [0.2, 0.25) is 5.91 Å². The number of halogens is 3. The SMILES string of the molecule is C[C@H](C(=O)Nc1cc(Cl)ccc1Cl)N1CCN(c2cccc(Cl)c2)CC1. The lowest BCUT2D eigenvalue weighted by Gasteiger charge is -2.38. The van der Waals surface area contributed by atoms with Crippen molar-refractivity contribution in [2.45, 2.75) is 13.0 Å². The van der Waals surface area contributed by atoms with Gasteiger partial charge in [0.25, 0.3) is 0 Å². The van der Waals surface area contributed by atoms with Crippen LogP contribution >= 0.6 is 34.8 Å². The van der Waals surface area contributed by atoms with Crippen molar-refractivity contribution in [1.29, 1.82) is 0 Å². The van der Waals surface area contributed by atoms with Crippen molar-refractivity contribution in [3.8, 4) is 0 Å². The van der Waals surface area contributed by atoms with Gasteiger partial charge >= 0.3 is 0 Å². The summed E-state index contributed by atoms with van der Waals surface area (Å²) in [4.78, 5) is 17.0. The highest BCUT2D eigenvalue weighted by molar-refractivity contribution is 6.35. The van der Waals surface area contributed by atoms with Crippen LogP contribution in [-0.4, -0.2) is 43.0 Å². The number of carbonyl (C=O) groups excluding carboxylic acids is 1. The zero-order chi connectivity index (χ0) is 18.7. The molecule has 2 aromatic rings. The molecule has 0 aromatic heterocycles. The topological polar surface area (TPSA) is 35.6 Å². The van der Waals surface area contributed by atoms with Gasteiger partial charge in [0.15, 0.2) is 0 Å². The molecule has 0 unspecified atom stereocenters.